The highest BCUT2D eigenvalue weighted by Crippen LogP contribution is 2.24. The van der Waals surface area contributed by atoms with E-state index in [2.05, 4.69) is 38.8 Å². The number of rotatable bonds is 11. The van der Waals surface area contributed by atoms with Crippen LogP contribution in [0.3, 0.4) is 0 Å². The van der Waals surface area contributed by atoms with Gasteiger partial charge in [0, 0.05) is 4.47 Å². The van der Waals surface area contributed by atoms with Gasteiger partial charge in [0.05, 0.1) is 36.2 Å². The van der Waals surface area contributed by atoms with E-state index in [1.54, 1.807) is 54.8 Å². The molecule has 0 unspecified atom stereocenters. The van der Waals surface area contributed by atoms with Crippen LogP contribution in [0.4, 0.5) is 5.69 Å². The zero-order valence-corrected chi connectivity index (χ0v) is 21.8. The minimum absolute atomic E-state index is 0.0650. The molecule has 1 aromatic heterocycles. The molecular formula is C26H28BrN3O4S. The maximum Gasteiger partial charge on any atom is 0.261 e. The molecule has 2 aromatic carbocycles. The van der Waals surface area contributed by atoms with Gasteiger partial charge in [0.1, 0.15) is 11.5 Å². The van der Waals surface area contributed by atoms with Crippen LogP contribution in [-0.4, -0.2) is 23.5 Å². The van der Waals surface area contributed by atoms with E-state index in [0.717, 1.165) is 30.2 Å². The molecule has 0 aliphatic rings. The average Bonchev–Trinajstić information content (AvgIpc) is 3.37. The van der Waals surface area contributed by atoms with Crippen LogP contribution in [0.25, 0.3) is 0 Å². The third-order valence-electron chi connectivity index (χ3n) is 5.09. The number of anilines is 1. The molecule has 184 valence electrons. The summed E-state index contributed by atoms with van der Waals surface area (Å²) >= 11 is 8.76. The Morgan fingerprint density at radius 2 is 1.83 bits per heavy atom. The van der Waals surface area contributed by atoms with Crippen LogP contribution < -0.4 is 20.7 Å². The molecule has 0 aliphatic heterocycles. The lowest BCUT2D eigenvalue weighted by Crippen LogP contribution is -2.35. The topological polar surface area (TPSA) is 92.6 Å². The molecule has 3 rings (SSSR count). The number of carbonyl (C=O) groups is 2. The van der Waals surface area contributed by atoms with Gasteiger partial charge in [0.25, 0.3) is 11.8 Å². The molecule has 7 nitrogen and oxygen atoms in total. The van der Waals surface area contributed by atoms with Gasteiger partial charge in [-0.2, -0.15) is 0 Å². The van der Waals surface area contributed by atoms with Gasteiger partial charge in [0.2, 0.25) is 0 Å². The number of para-hydroxylation sites is 1. The molecule has 0 saturated heterocycles. The highest BCUT2D eigenvalue weighted by atomic mass is 79.9. The monoisotopic (exact) mass is 557 g/mol. The van der Waals surface area contributed by atoms with Crippen LogP contribution in [0.2, 0.25) is 0 Å². The molecule has 35 heavy (non-hydrogen) atoms. The number of furan rings is 1. The van der Waals surface area contributed by atoms with E-state index in [-0.39, 0.29) is 17.6 Å². The molecule has 2 amide bonds. The summed E-state index contributed by atoms with van der Waals surface area (Å²) in [5.74, 6) is 0.420. The maximum absolute atomic E-state index is 13.0. The molecule has 0 aliphatic carbocycles. The van der Waals surface area contributed by atoms with Gasteiger partial charge >= 0.3 is 0 Å². The van der Waals surface area contributed by atoms with Gasteiger partial charge in [-0.1, -0.05) is 54.2 Å². The first-order valence-corrected chi connectivity index (χ1v) is 12.6. The van der Waals surface area contributed by atoms with Crippen LogP contribution in [0.1, 0.15) is 59.1 Å². The predicted octanol–water partition coefficient (Wildman–Crippen LogP) is 6.06. The Hall–Kier alpha value is -3.17. The first-order chi connectivity index (χ1) is 17.0. The van der Waals surface area contributed by atoms with Gasteiger partial charge in [-0.05, 0) is 61.1 Å². The summed E-state index contributed by atoms with van der Waals surface area (Å²) in [4.78, 5) is 25.7. The van der Waals surface area contributed by atoms with Gasteiger partial charge < -0.3 is 19.8 Å². The molecule has 3 N–H and O–H groups in total. The fourth-order valence-electron chi connectivity index (χ4n) is 3.31. The van der Waals surface area contributed by atoms with Crippen LogP contribution >= 0.6 is 28.1 Å². The fourth-order valence-corrected chi connectivity index (χ4v) is 3.87. The Morgan fingerprint density at radius 3 is 2.60 bits per heavy atom. The molecule has 0 radical (unpaired) electrons. The summed E-state index contributed by atoms with van der Waals surface area (Å²) in [5, 5.41) is 8.49. The summed E-state index contributed by atoms with van der Waals surface area (Å²) in [6, 6.07) is 15.7. The second-order valence-corrected chi connectivity index (χ2v) is 9.09. The van der Waals surface area contributed by atoms with Crippen LogP contribution in [0, 0.1) is 0 Å². The predicted molar refractivity (Wildman–Crippen MR) is 144 cm³/mol. The van der Waals surface area contributed by atoms with Crippen LogP contribution in [0.15, 0.2) is 69.8 Å². The number of ether oxygens (including phenoxy) is 1. The Labute approximate surface area is 218 Å². The standard InChI is InChI=1S/C26H28BrN3O4S/c1-2-3-4-7-14-34-23-13-12-18(27)16-21(23)25(32)30-26(35)29-22-11-6-5-10-20(22)24(31)28-17-19-9-8-15-33-19/h5-6,8-13,15-16H,2-4,7,14,17H2,1H3,(H,28,31)(H2,29,30,32,35). The molecule has 0 bridgehead atoms. The number of halogens is 1. The van der Waals surface area contributed by atoms with Gasteiger partial charge in [-0.25, -0.2) is 0 Å². The number of carbonyl (C=O) groups excluding carboxylic acids is 2. The average molecular weight is 558 g/mol. The summed E-state index contributed by atoms with van der Waals surface area (Å²) < 4.78 is 11.9. The van der Waals surface area contributed by atoms with Crippen LogP contribution in [-0.2, 0) is 6.54 Å². The van der Waals surface area contributed by atoms with Crippen molar-refractivity contribution in [3.05, 3.63) is 82.2 Å². The largest absolute Gasteiger partial charge is 0.493 e. The van der Waals surface area contributed by atoms with Crippen molar-refractivity contribution in [1.29, 1.82) is 0 Å². The lowest BCUT2D eigenvalue weighted by molar-refractivity contribution is 0.0947. The van der Waals surface area contributed by atoms with E-state index in [0.29, 0.717) is 34.9 Å². The molecule has 0 atom stereocenters. The Balaban J connectivity index is 1.62. The van der Waals surface area contributed by atoms with E-state index < -0.39 is 5.91 Å². The summed E-state index contributed by atoms with van der Waals surface area (Å²) in [6.45, 7) is 2.94. The second-order valence-electron chi connectivity index (χ2n) is 7.77. The number of hydrogen-bond acceptors (Lipinski definition) is 5. The van der Waals surface area contributed by atoms with Gasteiger partial charge in [-0.3, -0.25) is 14.9 Å². The molecule has 3 aromatic rings. The third kappa shape index (κ3) is 8.22. The van der Waals surface area contributed by atoms with E-state index in [1.165, 1.54) is 0 Å². The van der Waals surface area contributed by atoms with Crippen molar-refractivity contribution in [2.75, 3.05) is 11.9 Å². The van der Waals surface area contributed by atoms with Gasteiger partial charge in [0.15, 0.2) is 5.11 Å². The van der Waals surface area contributed by atoms with Crippen molar-refractivity contribution < 1.29 is 18.7 Å². The van der Waals surface area contributed by atoms with E-state index >= 15 is 0 Å². The quantitative estimate of drug-likeness (QED) is 0.196. The minimum atomic E-state index is -0.410. The normalized spacial score (nSPS) is 10.5. The first kappa shape index (κ1) is 26.4. The van der Waals surface area contributed by atoms with E-state index in [9.17, 15) is 9.59 Å². The molecule has 0 saturated carbocycles. The molecule has 1 heterocycles. The van der Waals surface area contributed by atoms with Crippen molar-refractivity contribution in [2.24, 2.45) is 0 Å². The summed E-state index contributed by atoms with van der Waals surface area (Å²) in [5.41, 5.74) is 1.22. The van der Waals surface area contributed by atoms with Crippen molar-refractivity contribution in [2.45, 2.75) is 39.2 Å². The minimum Gasteiger partial charge on any atom is -0.493 e. The summed E-state index contributed by atoms with van der Waals surface area (Å²) in [6.07, 6.45) is 5.84. The smallest absolute Gasteiger partial charge is 0.261 e. The highest BCUT2D eigenvalue weighted by molar-refractivity contribution is 9.10. The fraction of sp³-hybridized carbons (Fsp3) is 0.269. The molecule has 0 fully saturated rings. The number of amides is 2. The summed E-state index contributed by atoms with van der Waals surface area (Å²) in [7, 11) is 0. The zero-order valence-electron chi connectivity index (χ0n) is 19.4. The zero-order chi connectivity index (χ0) is 25.0. The van der Waals surface area contributed by atoms with Crippen LogP contribution in [0.5, 0.6) is 5.75 Å². The maximum atomic E-state index is 13.0. The van der Waals surface area contributed by atoms with Crippen molar-refractivity contribution in [3.63, 3.8) is 0 Å². The van der Waals surface area contributed by atoms with Crippen molar-refractivity contribution in [3.8, 4) is 5.75 Å². The number of benzene rings is 2. The van der Waals surface area contributed by atoms with E-state index in [1.807, 2.05) is 6.07 Å². The number of unbranched alkanes of at least 4 members (excludes halogenated alkanes) is 3. The third-order valence-corrected chi connectivity index (χ3v) is 5.79. The first-order valence-electron chi connectivity index (χ1n) is 11.4. The Kier molecular flexibility index (Phi) is 10.3. The molecule has 0 spiro atoms. The second kappa shape index (κ2) is 13.7. The highest BCUT2D eigenvalue weighted by Gasteiger charge is 2.17. The number of thiocarbonyl (C=S) groups is 1. The van der Waals surface area contributed by atoms with Gasteiger partial charge in [-0.15, -0.1) is 0 Å². The Morgan fingerprint density at radius 1 is 1.00 bits per heavy atom. The van der Waals surface area contributed by atoms with Crippen molar-refractivity contribution >= 4 is 50.8 Å². The molecular weight excluding hydrogens is 530 g/mol. The molecule has 9 heteroatoms. The lowest BCUT2D eigenvalue weighted by Gasteiger charge is -2.15. The number of nitrogens with one attached hydrogen (secondary N) is 3. The SMILES string of the molecule is CCCCCCOc1ccc(Br)cc1C(=O)NC(=S)Nc1ccccc1C(=O)NCc1ccco1. The lowest BCUT2D eigenvalue weighted by atomic mass is 10.1. The van der Waals surface area contributed by atoms with E-state index in [4.69, 9.17) is 21.4 Å². The number of hydrogen-bond donors (Lipinski definition) is 3. The van der Waals surface area contributed by atoms with Crippen molar-refractivity contribution in [1.82, 2.24) is 10.6 Å². The Bertz CT molecular complexity index is 1150.